The number of hydrogen-bond donors (Lipinski definition) is 2. The van der Waals surface area contributed by atoms with Crippen molar-refractivity contribution >= 4 is 11.7 Å². The molecule has 0 aromatic heterocycles. The van der Waals surface area contributed by atoms with Gasteiger partial charge < -0.3 is 20.1 Å². The molecule has 1 aliphatic heterocycles. The lowest BCUT2D eigenvalue weighted by atomic mass is 10.2. The summed E-state index contributed by atoms with van der Waals surface area (Å²) in [4.78, 5) is 11.8. The Hall–Kier alpha value is -2.01. The Morgan fingerprint density at radius 3 is 3.10 bits per heavy atom. The van der Waals surface area contributed by atoms with Gasteiger partial charge in [-0.15, -0.1) is 0 Å². The average molecular weight is 276 g/mol. The number of carbonyl (C=O) groups excluding carboxylic acids is 1. The Balaban J connectivity index is 1.86. The lowest BCUT2D eigenvalue weighted by molar-refractivity contribution is 0.189. The van der Waals surface area contributed by atoms with Gasteiger partial charge in [0.2, 0.25) is 0 Å². The first kappa shape index (κ1) is 14.4. The van der Waals surface area contributed by atoms with Crippen molar-refractivity contribution in [2.45, 2.75) is 19.4 Å². The molecule has 0 bridgehead atoms. The summed E-state index contributed by atoms with van der Waals surface area (Å²) in [6.07, 6.45) is 0.856. The van der Waals surface area contributed by atoms with Gasteiger partial charge in [-0.1, -0.05) is 12.6 Å². The molecule has 5 nitrogen and oxygen atoms in total. The lowest BCUT2D eigenvalue weighted by Crippen LogP contribution is -2.38. The molecule has 0 spiro atoms. The predicted octanol–water partition coefficient (Wildman–Crippen LogP) is 2.55. The maximum Gasteiger partial charge on any atom is 0.319 e. The molecular weight excluding hydrogens is 256 g/mol. The highest BCUT2D eigenvalue weighted by Gasteiger charge is 2.17. The van der Waals surface area contributed by atoms with Crippen LogP contribution in [-0.4, -0.2) is 31.9 Å². The van der Waals surface area contributed by atoms with Crippen LogP contribution in [0.1, 0.15) is 13.3 Å². The summed E-state index contributed by atoms with van der Waals surface area (Å²) >= 11 is 0. The number of amides is 2. The third-order valence-electron chi connectivity index (χ3n) is 2.84. The van der Waals surface area contributed by atoms with E-state index < -0.39 is 0 Å². The number of benzene rings is 1. The molecule has 20 heavy (non-hydrogen) atoms. The van der Waals surface area contributed by atoms with Crippen LogP contribution in [0.2, 0.25) is 0 Å². The van der Waals surface area contributed by atoms with E-state index in [-0.39, 0.29) is 12.1 Å². The molecule has 108 valence electrons. The minimum atomic E-state index is -0.224. The van der Waals surface area contributed by atoms with Gasteiger partial charge in [0, 0.05) is 18.4 Å². The van der Waals surface area contributed by atoms with Crippen LogP contribution in [0.15, 0.2) is 36.4 Å². The summed E-state index contributed by atoms with van der Waals surface area (Å²) in [5, 5.41) is 5.66. The van der Waals surface area contributed by atoms with Crippen molar-refractivity contribution in [2.24, 2.45) is 0 Å². The van der Waals surface area contributed by atoms with Gasteiger partial charge in [0.05, 0.1) is 12.6 Å². The van der Waals surface area contributed by atoms with E-state index in [9.17, 15) is 4.79 Å². The van der Waals surface area contributed by atoms with Gasteiger partial charge in [-0.25, -0.2) is 4.79 Å². The minimum absolute atomic E-state index is 0.0952. The molecule has 1 aromatic rings. The summed E-state index contributed by atoms with van der Waals surface area (Å²) in [6, 6.07) is 7.15. The first-order chi connectivity index (χ1) is 9.63. The fourth-order valence-electron chi connectivity index (χ4n) is 1.87. The van der Waals surface area contributed by atoms with Crippen molar-refractivity contribution in [3.63, 3.8) is 0 Å². The van der Waals surface area contributed by atoms with Gasteiger partial charge in [0.15, 0.2) is 0 Å². The van der Waals surface area contributed by atoms with E-state index in [1.807, 2.05) is 25.1 Å². The Morgan fingerprint density at radius 2 is 2.40 bits per heavy atom. The molecule has 2 amide bonds. The molecule has 5 heteroatoms. The second kappa shape index (κ2) is 6.96. The predicted molar refractivity (Wildman–Crippen MR) is 78.1 cm³/mol. The highest BCUT2D eigenvalue weighted by atomic mass is 16.5. The molecule has 2 rings (SSSR count). The maximum absolute atomic E-state index is 11.8. The number of rotatable bonds is 5. The van der Waals surface area contributed by atoms with Crippen molar-refractivity contribution in [3.05, 3.63) is 36.4 Å². The zero-order valence-electron chi connectivity index (χ0n) is 11.6. The maximum atomic E-state index is 11.8. The van der Waals surface area contributed by atoms with Crippen molar-refractivity contribution in [1.29, 1.82) is 0 Å². The molecule has 0 aliphatic carbocycles. The van der Waals surface area contributed by atoms with E-state index in [2.05, 4.69) is 17.2 Å². The Morgan fingerprint density at radius 1 is 1.55 bits per heavy atom. The van der Waals surface area contributed by atoms with Crippen LogP contribution >= 0.6 is 0 Å². The van der Waals surface area contributed by atoms with Crippen LogP contribution in [-0.2, 0) is 4.74 Å². The number of anilines is 1. The quantitative estimate of drug-likeness (QED) is 0.813. The summed E-state index contributed by atoms with van der Waals surface area (Å²) in [7, 11) is 0. The third-order valence-corrected chi connectivity index (χ3v) is 2.84. The van der Waals surface area contributed by atoms with E-state index in [1.165, 1.54) is 0 Å². The Bertz CT molecular complexity index is 482. The van der Waals surface area contributed by atoms with Gasteiger partial charge in [0.1, 0.15) is 12.4 Å². The highest BCUT2D eigenvalue weighted by molar-refractivity contribution is 5.89. The van der Waals surface area contributed by atoms with Crippen LogP contribution in [0.4, 0.5) is 10.5 Å². The molecule has 2 N–H and O–H groups in total. The molecule has 1 saturated heterocycles. The zero-order valence-corrected chi connectivity index (χ0v) is 11.6. The van der Waals surface area contributed by atoms with Gasteiger partial charge in [-0.3, -0.25) is 0 Å². The molecule has 0 saturated carbocycles. The van der Waals surface area contributed by atoms with E-state index in [0.29, 0.717) is 31.3 Å². The molecule has 1 fully saturated rings. The zero-order chi connectivity index (χ0) is 14.4. The van der Waals surface area contributed by atoms with E-state index in [0.717, 1.165) is 12.0 Å². The highest BCUT2D eigenvalue weighted by Crippen LogP contribution is 2.18. The second-order valence-electron chi connectivity index (χ2n) is 4.93. The molecule has 0 radical (unpaired) electrons. The van der Waals surface area contributed by atoms with Gasteiger partial charge >= 0.3 is 6.03 Å². The van der Waals surface area contributed by atoms with Crippen LogP contribution in [0.3, 0.4) is 0 Å². The van der Waals surface area contributed by atoms with Crippen LogP contribution in [0, 0.1) is 0 Å². The number of ether oxygens (including phenoxy) is 2. The summed E-state index contributed by atoms with van der Waals surface area (Å²) < 4.78 is 10.7. The molecule has 1 aliphatic rings. The largest absolute Gasteiger partial charge is 0.489 e. The van der Waals surface area contributed by atoms with Gasteiger partial charge in [0.25, 0.3) is 0 Å². The van der Waals surface area contributed by atoms with Crippen molar-refractivity contribution in [1.82, 2.24) is 5.32 Å². The minimum Gasteiger partial charge on any atom is -0.489 e. The standard InChI is InChI=1S/C15H20N2O3/c1-11(2)9-20-14-5-3-4-12(8-14)16-15(18)17-13-6-7-19-10-13/h3-5,8,13H,1,6-7,9-10H2,2H3,(H2,16,17,18)/t13-/m0/s1. The topological polar surface area (TPSA) is 59.6 Å². The summed E-state index contributed by atoms with van der Waals surface area (Å²) in [5.74, 6) is 0.704. The fourth-order valence-corrected chi connectivity index (χ4v) is 1.87. The first-order valence-electron chi connectivity index (χ1n) is 6.66. The van der Waals surface area contributed by atoms with E-state index >= 15 is 0 Å². The average Bonchev–Trinajstić information content (AvgIpc) is 2.89. The monoisotopic (exact) mass is 276 g/mol. The van der Waals surface area contributed by atoms with E-state index in [4.69, 9.17) is 9.47 Å². The van der Waals surface area contributed by atoms with Crippen molar-refractivity contribution in [3.8, 4) is 5.75 Å². The normalized spacial score (nSPS) is 17.6. The number of urea groups is 1. The van der Waals surface area contributed by atoms with Crippen LogP contribution in [0.5, 0.6) is 5.75 Å². The van der Waals surface area contributed by atoms with Gasteiger partial charge in [-0.05, 0) is 31.1 Å². The molecule has 1 aromatic carbocycles. The number of carbonyl (C=O) groups is 1. The van der Waals surface area contributed by atoms with Crippen molar-refractivity contribution in [2.75, 3.05) is 25.1 Å². The van der Waals surface area contributed by atoms with Crippen molar-refractivity contribution < 1.29 is 14.3 Å². The summed E-state index contributed by atoms with van der Waals surface area (Å²) in [6.45, 7) is 7.43. The fraction of sp³-hybridized carbons (Fsp3) is 0.400. The lowest BCUT2D eigenvalue weighted by Gasteiger charge is -2.13. The third kappa shape index (κ3) is 4.59. The smallest absolute Gasteiger partial charge is 0.319 e. The first-order valence-corrected chi connectivity index (χ1v) is 6.66. The Labute approximate surface area is 119 Å². The van der Waals surface area contributed by atoms with Crippen LogP contribution in [0.25, 0.3) is 0 Å². The molecule has 1 atom stereocenters. The van der Waals surface area contributed by atoms with Crippen LogP contribution < -0.4 is 15.4 Å². The molecular formula is C15H20N2O3. The Kier molecular flexibility index (Phi) is 5.01. The molecule has 0 unspecified atom stereocenters. The second-order valence-corrected chi connectivity index (χ2v) is 4.93. The van der Waals surface area contributed by atoms with Gasteiger partial charge in [-0.2, -0.15) is 0 Å². The number of hydrogen-bond acceptors (Lipinski definition) is 3. The molecule has 1 heterocycles. The SMILES string of the molecule is C=C(C)COc1cccc(NC(=O)N[C@H]2CCOC2)c1. The summed E-state index contributed by atoms with van der Waals surface area (Å²) in [5.41, 5.74) is 1.64. The van der Waals surface area contributed by atoms with E-state index in [1.54, 1.807) is 6.07 Å². The number of nitrogens with one attached hydrogen (secondary N) is 2.